The van der Waals surface area contributed by atoms with Crippen molar-refractivity contribution in [1.82, 2.24) is 15.1 Å². The lowest BCUT2D eigenvalue weighted by molar-refractivity contribution is -0.386. The molecule has 2 saturated carbocycles. The maximum Gasteiger partial charge on any atom is 0.312 e. The number of carbonyl (C=O) groups is 1. The van der Waals surface area contributed by atoms with Crippen LogP contribution in [-0.4, -0.2) is 26.7 Å². The fraction of sp³-hybridized carbons (Fsp3) is 0.765. The summed E-state index contributed by atoms with van der Waals surface area (Å²) in [5.74, 6) is 2.27. The molecule has 7 nitrogen and oxygen atoms in total. The van der Waals surface area contributed by atoms with E-state index in [1.165, 1.54) is 25.7 Å². The lowest BCUT2D eigenvalue weighted by atomic mass is 9.84. The van der Waals surface area contributed by atoms with Crippen molar-refractivity contribution in [2.75, 3.05) is 0 Å². The van der Waals surface area contributed by atoms with E-state index in [2.05, 4.69) is 17.3 Å². The van der Waals surface area contributed by atoms with E-state index in [0.717, 1.165) is 11.8 Å². The van der Waals surface area contributed by atoms with E-state index >= 15 is 0 Å². The average Bonchev–Trinajstić information content (AvgIpc) is 3.19. The molecule has 4 atom stereocenters. The number of hydrogen-bond acceptors (Lipinski definition) is 4. The van der Waals surface area contributed by atoms with Crippen LogP contribution in [0.25, 0.3) is 0 Å². The Morgan fingerprint density at radius 3 is 2.71 bits per heavy atom. The Morgan fingerprint density at radius 1 is 1.42 bits per heavy atom. The first-order valence-electron chi connectivity index (χ1n) is 8.84. The van der Waals surface area contributed by atoms with Gasteiger partial charge in [-0.25, -0.2) is 0 Å². The third kappa shape index (κ3) is 3.16. The highest BCUT2D eigenvalue weighted by atomic mass is 16.6. The molecule has 2 fully saturated rings. The summed E-state index contributed by atoms with van der Waals surface area (Å²) >= 11 is 0. The number of aromatic nitrogens is 2. The molecule has 3 rings (SSSR count). The molecule has 132 valence electrons. The predicted molar refractivity (Wildman–Crippen MR) is 89.5 cm³/mol. The van der Waals surface area contributed by atoms with Crippen molar-refractivity contribution < 1.29 is 9.72 Å². The zero-order chi connectivity index (χ0) is 17.4. The van der Waals surface area contributed by atoms with Crippen LogP contribution in [0, 0.1) is 41.7 Å². The Labute approximate surface area is 142 Å². The molecule has 1 aromatic rings. The molecule has 0 radical (unpaired) electrons. The van der Waals surface area contributed by atoms with E-state index in [4.69, 9.17) is 0 Å². The van der Waals surface area contributed by atoms with Gasteiger partial charge in [-0.2, -0.15) is 5.10 Å². The second-order valence-electron chi connectivity index (χ2n) is 7.44. The minimum absolute atomic E-state index is 0.000444. The maximum atomic E-state index is 12.2. The summed E-state index contributed by atoms with van der Waals surface area (Å²) < 4.78 is 1.56. The average molecular weight is 334 g/mol. The second kappa shape index (κ2) is 6.53. The summed E-state index contributed by atoms with van der Waals surface area (Å²) in [6, 6.07) is 0.211. The van der Waals surface area contributed by atoms with E-state index in [-0.39, 0.29) is 17.6 Å². The fourth-order valence-electron chi connectivity index (χ4n) is 4.72. The summed E-state index contributed by atoms with van der Waals surface area (Å²) in [7, 11) is 0. The van der Waals surface area contributed by atoms with Gasteiger partial charge in [-0.3, -0.25) is 19.6 Å². The highest BCUT2D eigenvalue weighted by Crippen LogP contribution is 2.49. The largest absolute Gasteiger partial charge is 0.353 e. The zero-order valence-electron chi connectivity index (χ0n) is 14.6. The number of amides is 1. The van der Waals surface area contributed by atoms with Gasteiger partial charge in [-0.1, -0.05) is 6.42 Å². The molecule has 0 saturated heterocycles. The molecule has 0 aliphatic heterocycles. The van der Waals surface area contributed by atoms with Crippen LogP contribution in [0.3, 0.4) is 0 Å². The SMILES string of the molecule is Cc1nn(CCC(=O)N[C@@H](C)[C@@H]2C[C@H]3CC[C@H]2C3)c(C)c1[N+](=O)[O-]. The Bertz CT molecular complexity index is 655. The number of fused-ring (bicyclic) bond motifs is 2. The van der Waals surface area contributed by atoms with Crippen molar-refractivity contribution in [2.45, 2.75) is 65.5 Å². The smallest absolute Gasteiger partial charge is 0.312 e. The third-order valence-electron chi connectivity index (χ3n) is 5.90. The Balaban J connectivity index is 1.53. The van der Waals surface area contributed by atoms with Gasteiger partial charge in [0.15, 0.2) is 0 Å². The molecule has 24 heavy (non-hydrogen) atoms. The van der Waals surface area contributed by atoms with Crippen LogP contribution in [0.5, 0.6) is 0 Å². The van der Waals surface area contributed by atoms with Gasteiger partial charge in [0, 0.05) is 12.5 Å². The summed E-state index contributed by atoms with van der Waals surface area (Å²) in [5, 5.41) is 18.3. The van der Waals surface area contributed by atoms with E-state index in [1.807, 2.05) is 0 Å². The minimum atomic E-state index is -0.411. The molecule has 2 bridgehead atoms. The number of carbonyl (C=O) groups excluding carboxylic acids is 1. The number of nitrogens with one attached hydrogen (secondary N) is 1. The minimum Gasteiger partial charge on any atom is -0.353 e. The molecule has 1 amide bonds. The Kier molecular flexibility index (Phi) is 4.60. The molecule has 1 aromatic heterocycles. The molecule has 1 heterocycles. The molecule has 0 unspecified atom stereocenters. The molecule has 2 aliphatic carbocycles. The summed E-state index contributed by atoms with van der Waals surface area (Å²) in [5.41, 5.74) is 0.950. The van der Waals surface area contributed by atoms with Crippen LogP contribution in [0.1, 0.15) is 50.4 Å². The Hall–Kier alpha value is -1.92. The van der Waals surface area contributed by atoms with Crippen LogP contribution >= 0.6 is 0 Å². The van der Waals surface area contributed by atoms with Gasteiger partial charge in [0.1, 0.15) is 11.4 Å². The van der Waals surface area contributed by atoms with Crippen molar-refractivity contribution in [3.05, 3.63) is 21.5 Å². The van der Waals surface area contributed by atoms with Crippen LogP contribution in [0.4, 0.5) is 5.69 Å². The maximum absolute atomic E-state index is 12.2. The monoisotopic (exact) mass is 334 g/mol. The summed E-state index contributed by atoms with van der Waals surface area (Å²) in [6.07, 6.45) is 5.55. The van der Waals surface area contributed by atoms with Crippen LogP contribution < -0.4 is 5.32 Å². The van der Waals surface area contributed by atoms with E-state index in [0.29, 0.717) is 30.3 Å². The Morgan fingerprint density at radius 2 is 2.17 bits per heavy atom. The van der Waals surface area contributed by atoms with Crippen molar-refractivity contribution >= 4 is 11.6 Å². The summed E-state index contributed by atoms with van der Waals surface area (Å²) in [4.78, 5) is 22.9. The van der Waals surface area contributed by atoms with Crippen molar-refractivity contribution in [3.63, 3.8) is 0 Å². The first kappa shape index (κ1) is 16.9. The van der Waals surface area contributed by atoms with Gasteiger partial charge in [0.05, 0.1) is 11.5 Å². The summed E-state index contributed by atoms with van der Waals surface area (Å²) in [6.45, 7) is 5.78. The number of rotatable bonds is 6. The second-order valence-corrected chi connectivity index (χ2v) is 7.44. The first-order chi connectivity index (χ1) is 11.4. The van der Waals surface area contributed by atoms with E-state index < -0.39 is 4.92 Å². The number of hydrogen-bond donors (Lipinski definition) is 1. The molecule has 2 aliphatic rings. The lowest BCUT2D eigenvalue weighted by Gasteiger charge is -2.28. The fourth-order valence-corrected chi connectivity index (χ4v) is 4.72. The molecule has 0 spiro atoms. The van der Waals surface area contributed by atoms with Gasteiger partial charge in [-0.15, -0.1) is 0 Å². The standard InChI is InChI=1S/C17H26N4O3/c1-10(15-9-13-4-5-14(15)8-13)18-16(22)6-7-20-12(3)17(21(23)24)11(2)19-20/h10,13-15H,4-9H2,1-3H3,(H,18,22)/t10-,13-,14-,15-/m0/s1. The van der Waals surface area contributed by atoms with Crippen LogP contribution in [-0.2, 0) is 11.3 Å². The van der Waals surface area contributed by atoms with Gasteiger partial charge in [0.25, 0.3) is 0 Å². The number of nitrogens with zero attached hydrogens (tertiary/aromatic N) is 3. The molecule has 1 N–H and O–H groups in total. The lowest BCUT2D eigenvalue weighted by Crippen LogP contribution is -2.40. The topological polar surface area (TPSA) is 90.1 Å². The van der Waals surface area contributed by atoms with Crippen molar-refractivity contribution in [1.29, 1.82) is 0 Å². The quantitative estimate of drug-likeness (QED) is 0.640. The molecule has 0 aromatic carbocycles. The highest BCUT2D eigenvalue weighted by Gasteiger charge is 2.42. The first-order valence-corrected chi connectivity index (χ1v) is 8.84. The molecular formula is C17H26N4O3. The highest BCUT2D eigenvalue weighted by molar-refractivity contribution is 5.76. The predicted octanol–water partition coefficient (Wildman–Crippen LogP) is 2.74. The number of nitro groups is 1. The van der Waals surface area contributed by atoms with Gasteiger partial charge < -0.3 is 5.32 Å². The van der Waals surface area contributed by atoms with Crippen molar-refractivity contribution in [3.8, 4) is 0 Å². The van der Waals surface area contributed by atoms with Crippen LogP contribution in [0.2, 0.25) is 0 Å². The van der Waals surface area contributed by atoms with Gasteiger partial charge in [-0.05, 0) is 57.8 Å². The normalized spacial score (nSPS) is 26.5. The van der Waals surface area contributed by atoms with Gasteiger partial charge in [0.2, 0.25) is 5.91 Å². The van der Waals surface area contributed by atoms with E-state index in [1.54, 1.807) is 18.5 Å². The molecular weight excluding hydrogens is 308 g/mol. The number of aryl methyl sites for hydroxylation is 2. The van der Waals surface area contributed by atoms with Gasteiger partial charge >= 0.3 is 5.69 Å². The van der Waals surface area contributed by atoms with E-state index in [9.17, 15) is 14.9 Å². The third-order valence-corrected chi connectivity index (χ3v) is 5.90. The zero-order valence-corrected chi connectivity index (χ0v) is 14.6. The van der Waals surface area contributed by atoms with Crippen LogP contribution in [0.15, 0.2) is 0 Å². The molecule has 7 heteroatoms. The van der Waals surface area contributed by atoms with Crippen molar-refractivity contribution in [2.24, 2.45) is 17.8 Å².